The molecule has 6 heteroatoms. The van der Waals surface area contributed by atoms with Crippen LogP contribution in [0, 0.1) is 6.92 Å². The molecule has 24 heavy (non-hydrogen) atoms. The van der Waals surface area contributed by atoms with Gasteiger partial charge < -0.3 is 5.32 Å². The van der Waals surface area contributed by atoms with Crippen LogP contribution in [0.4, 0.5) is 5.82 Å². The topological polar surface area (TPSA) is 59.1 Å². The Labute approximate surface area is 146 Å². The molecule has 0 fully saturated rings. The predicted octanol–water partition coefficient (Wildman–Crippen LogP) is 4.13. The fourth-order valence-corrected chi connectivity index (χ4v) is 3.80. The van der Waals surface area contributed by atoms with Crippen molar-refractivity contribution in [3.8, 4) is 11.3 Å². The van der Waals surface area contributed by atoms with Crippen molar-refractivity contribution in [3.63, 3.8) is 0 Å². The van der Waals surface area contributed by atoms with E-state index in [9.17, 15) is 8.42 Å². The Morgan fingerprint density at radius 2 is 1.83 bits per heavy atom. The first-order chi connectivity index (χ1) is 11.4. The van der Waals surface area contributed by atoms with E-state index < -0.39 is 9.84 Å². The lowest BCUT2D eigenvalue weighted by atomic mass is 10.1. The van der Waals surface area contributed by atoms with Gasteiger partial charge in [0.25, 0.3) is 0 Å². The standard InChI is InChI=1S/C18H18N2O2S2/c1-13-10-11-23-17(13)12-19-18-5-3-4-16(20-18)14-6-8-15(9-7-14)24(2,21)22/h3-11H,12H2,1-2H3,(H,19,20). The quantitative estimate of drug-likeness (QED) is 0.745. The normalized spacial score (nSPS) is 11.4. The maximum atomic E-state index is 11.5. The number of aryl methyl sites for hydroxylation is 1. The molecule has 1 N–H and O–H groups in total. The highest BCUT2D eigenvalue weighted by Crippen LogP contribution is 2.22. The van der Waals surface area contributed by atoms with E-state index in [1.165, 1.54) is 16.7 Å². The van der Waals surface area contributed by atoms with Crippen LogP contribution < -0.4 is 5.32 Å². The van der Waals surface area contributed by atoms with E-state index in [2.05, 4.69) is 28.7 Å². The number of rotatable bonds is 5. The predicted molar refractivity (Wildman–Crippen MR) is 99.2 cm³/mol. The highest BCUT2D eigenvalue weighted by molar-refractivity contribution is 7.90. The highest BCUT2D eigenvalue weighted by Gasteiger charge is 2.08. The molecule has 4 nitrogen and oxygen atoms in total. The molecule has 1 aromatic carbocycles. The highest BCUT2D eigenvalue weighted by atomic mass is 32.2. The third-order valence-corrected chi connectivity index (χ3v) is 5.88. The third-order valence-electron chi connectivity index (χ3n) is 3.73. The molecule has 2 aromatic heterocycles. The van der Waals surface area contributed by atoms with E-state index in [0.717, 1.165) is 23.6 Å². The van der Waals surface area contributed by atoms with Crippen LogP contribution in [0.1, 0.15) is 10.4 Å². The van der Waals surface area contributed by atoms with Crippen LogP contribution in [0.15, 0.2) is 58.8 Å². The summed E-state index contributed by atoms with van der Waals surface area (Å²) >= 11 is 1.73. The van der Waals surface area contributed by atoms with Gasteiger partial charge in [-0.1, -0.05) is 18.2 Å². The second-order valence-electron chi connectivity index (χ2n) is 5.58. The number of aromatic nitrogens is 1. The summed E-state index contributed by atoms with van der Waals surface area (Å²) in [6.45, 7) is 2.84. The van der Waals surface area contributed by atoms with E-state index in [4.69, 9.17) is 0 Å². The number of thiophene rings is 1. The van der Waals surface area contributed by atoms with Crippen LogP contribution in [-0.2, 0) is 16.4 Å². The first kappa shape index (κ1) is 16.7. The van der Waals surface area contributed by atoms with Crippen molar-refractivity contribution >= 4 is 27.0 Å². The van der Waals surface area contributed by atoms with Crippen molar-refractivity contribution in [2.75, 3.05) is 11.6 Å². The first-order valence-electron chi connectivity index (χ1n) is 7.48. The number of sulfone groups is 1. The van der Waals surface area contributed by atoms with Gasteiger partial charge in [0, 0.05) is 16.7 Å². The van der Waals surface area contributed by atoms with E-state index in [1.807, 2.05) is 18.2 Å². The summed E-state index contributed by atoms with van der Waals surface area (Å²) in [6.07, 6.45) is 1.21. The molecule has 0 amide bonds. The van der Waals surface area contributed by atoms with E-state index in [1.54, 1.807) is 35.6 Å². The summed E-state index contributed by atoms with van der Waals surface area (Å²) in [4.78, 5) is 6.21. The smallest absolute Gasteiger partial charge is 0.175 e. The molecule has 2 heterocycles. The average Bonchev–Trinajstić information content (AvgIpc) is 2.98. The van der Waals surface area contributed by atoms with E-state index in [-0.39, 0.29) is 0 Å². The second-order valence-corrected chi connectivity index (χ2v) is 8.60. The molecular formula is C18H18N2O2S2. The Morgan fingerprint density at radius 1 is 1.08 bits per heavy atom. The molecule has 0 unspecified atom stereocenters. The summed E-state index contributed by atoms with van der Waals surface area (Å²) in [6, 6.07) is 14.7. The molecule has 0 saturated carbocycles. The molecule has 0 bridgehead atoms. The summed E-state index contributed by atoms with van der Waals surface area (Å²) in [5.41, 5.74) is 2.97. The summed E-state index contributed by atoms with van der Waals surface area (Å²) < 4.78 is 23.1. The lowest BCUT2D eigenvalue weighted by Gasteiger charge is -2.08. The first-order valence-corrected chi connectivity index (χ1v) is 10.2. The SMILES string of the molecule is Cc1ccsc1CNc1cccc(-c2ccc(S(C)(=O)=O)cc2)n1. The minimum absolute atomic E-state index is 0.314. The Morgan fingerprint density at radius 3 is 2.46 bits per heavy atom. The van der Waals surface area contributed by atoms with Crippen LogP contribution in [0.3, 0.4) is 0 Å². The fourth-order valence-electron chi connectivity index (χ4n) is 2.32. The number of nitrogens with zero attached hydrogens (tertiary/aromatic N) is 1. The van der Waals surface area contributed by atoms with Gasteiger partial charge in [-0.2, -0.15) is 0 Å². The van der Waals surface area contributed by atoms with Gasteiger partial charge >= 0.3 is 0 Å². The monoisotopic (exact) mass is 358 g/mol. The maximum absolute atomic E-state index is 11.5. The number of hydrogen-bond donors (Lipinski definition) is 1. The lowest BCUT2D eigenvalue weighted by molar-refractivity contribution is 0.602. The summed E-state index contributed by atoms with van der Waals surface area (Å²) in [5, 5.41) is 5.42. The Balaban J connectivity index is 1.79. The molecule has 0 saturated heterocycles. The van der Waals surface area contributed by atoms with Gasteiger partial charge in [0.05, 0.1) is 17.1 Å². The van der Waals surface area contributed by atoms with Crippen LogP contribution in [0.25, 0.3) is 11.3 Å². The van der Waals surface area contributed by atoms with Crippen LogP contribution in [0.2, 0.25) is 0 Å². The lowest BCUT2D eigenvalue weighted by Crippen LogP contribution is -2.01. The average molecular weight is 358 g/mol. The zero-order valence-corrected chi connectivity index (χ0v) is 15.1. The van der Waals surface area contributed by atoms with Crippen molar-refractivity contribution in [2.45, 2.75) is 18.4 Å². The molecule has 0 radical (unpaired) electrons. The van der Waals surface area contributed by atoms with Crippen LogP contribution in [0.5, 0.6) is 0 Å². The van der Waals surface area contributed by atoms with Gasteiger partial charge in [0.2, 0.25) is 0 Å². The molecule has 0 spiro atoms. The maximum Gasteiger partial charge on any atom is 0.175 e. The van der Waals surface area contributed by atoms with Gasteiger partial charge in [-0.05, 0) is 48.2 Å². The molecule has 3 aromatic rings. The zero-order valence-electron chi connectivity index (χ0n) is 13.5. The number of pyridine rings is 1. The molecule has 124 valence electrons. The number of anilines is 1. The van der Waals surface area contributed by atoms with Gasteiger partial charge in [0.1, 0.15) is 5.82 Å². The van der Waals surface area contributed by atoms with Gasteiger partial charge in [-0.15, -0.1) is 11.3 Å². The molecule has 0 aliphatic heterocycles. The molecular weight excluding hydrogens is 340 g/mol. The molecule has 3 rings (SSSR count). The van der Waals surface area contributed by atoms with Crippen molar-refractivity contribution in [1.29, 1.82) is 0 Å². The van der Waals surface area contributed by atoms with E-state index >= 15 is 0 Å². The Bertz CT molecular complexity index is 945. The minimum atomic E-state index is -3.18. The third kappa shape index (κ3) is 3.83. The summed E-state index contributed by atoms with van der Waals surface area (Å²) in [5.74, 6) is 0.799. The largest absolute Gasteiger partial charge is 0.365 e. The van der Waals surface area contributed by atoms with Crippen LogP contribution >= 0.6 is 11.3 Å². The van der Waals surface area contributed by atoms with E-state index in [0.29, 0.717) is 4.90 Å². The van der Waals surface area contributed by atoms with Gasteiger partial charge in [-0.3, -0.25) is 0 Å². The zero-order chi connectivity index (χ0) is 17.2. The molecule has 0 aliphatic rings. The molecule has 0 atom stereocenters. The van der Waals surface area contributed by atoms with Crippen molar-refractivity contribution in [2.24, 2.45) is 0 Å². The minimum Gasteiger partial charge on any atom is -0.365 e. The Kier molecular flexibility index (Phi) is 4.69. The van der Waals surface area contributed by atoms with Gasteiger partial charge in [-0.25, -0.2) is 13.4 Å². The number of hydrogen-bond acceptors (Lipinski definition) is 5. The van der Waals surface area contributed by atoms with Crippen molar-refractivity contribution in [1.82, 2.24) is 4.98 Å². The number of nitrogens with one attached hydrogen (secondary N) is 1. The van der Waals surface area contributed by atoms with Crippen LogP contribution in [-0.4, -0.2) is 19.7 Å². The number of benzene rings is 1. The van der Waals surface area contributed by atoms with Crippen molar-refractivity contribution < 1.29 is 8.42 Å². The fraction of sp³-hybridized carbons (Fsp3) is 0.167. The van der Waals surface area contributed by atoms with Gasteiger partial charge in [0.15, 0.2) is 9.84 Å². The summed E-state index contributed by atoms with van der Waals surface area (Å²) in [7, 11) is -3.18. The van der Waals surface area contributed by atoms with Crippen molar-refractivity contribution in [3.05, 3.63) is 64.4 Å². The molecule has 0 aliphatic carbocycles. The Hall–Kier alpha value is -2.18. The second kappa shape index (κ2) is 6.75.